The number of halogens is 2. The van der Waals surface area contributed by atoms with Gasteiger partial charge in [-0.15, -0.1) is 0 Å². The van der Waals surface area contributed by atoms with Gasteiger partial charge in [-0.25, -0.2) is 8.42 Å². The Kier molecular flexibility index (Phi) is 11.6. The minimum Gasteiger partial charge on any atom is -0.354 e. The summed E-state index contributed by atoms with van der Waals surface area (Å²) in [5.74, 6) is -0.644. The normalized spacial score (nSPS) is 12.2. The molecule has 0 radical (unpaired) electrons. The zero-order chi connectivity index (χ0) is 30.2. The molecule has 0 saturated heterocycles. The molecule has 3 aromatic carbocycles. The van der Waals surface area contributed by atoms with E-state index in [-0.39, 0.29) is 23.3 Å². The Morgan fingerprint density at radius 1 is 0.927 bits per heavy atom. The first kappa shape index (κ1) is 32.4. The smallest absolute Gasteiger partial charge is 0.264 e. The molecule has 220 valence electrons. The van der Waals surface area contributed by atoms with E-state index >= 15 is 0 Å². The van der Waals surface area contributed by atoms with Crippen molar-refractivity contribution in [2.45, 2.75) is 58.0 Å². The Balaban J connectivity index is 2.06. The SMILES string of the molecule is CCc1ccc(N(CC(=O)N(Cc2ccc(Cl)cc2Cl)[C@H](CC)C(=O)NCC(C)C)S(=O)(=O)c2ccccc2)cc1. The summed E-state index contributed by atoms with van der Waals surface area (Å²) < 4.78 is 28.9. The van der Waals surface area contributed by atoms with Gasteiger partial charge in [-0.2, -0.15) is 0 Å². The Bertz CT molecular complexity index is 1430. The first-order chi connectivity index (χ1) is 19.5. The van der Waals surface area contributed by atoms with Gasteiger partial charge in [0.25, 0.3) is 10.0 Å². The Morgan fingerprint density at radius 2 is 1.59 bits per heavy atom. The standard InChI is InChI=1S/C31H37Cl2N3O4S/c1-5-23-12-16-26(17-13-23)36(41(39,40)27-10-8-7-9-11-27)21-30(37)35(20-24-14-15-25(32)18-28(24)33)29(6-2)31(38)34-19-22(3)4/h7-18,22,29H,5-6,19-21H2,1-4H3,(H,34,38)/t29-/m1/s1. The highest BCUT2D eigenvalue weighted by Crippen LogP contribution is 2.27. The maximum Gasteiger partial charge on any atom is 0.264 e. The Morgan fingerprint density at radius 3 is 2.15 bits per heavy atom. The number of carbonyl (C=O) groups excluding carboxylic acids is 2. The maximum absolute atomic E-state index is 14.1. The lowest BCUT2D eigenvalue weighted by Crippen LogP contribution is -2.52. The highest BCUT2D eigenvalue weighted by Gasteiger charge is 2.34. The Labute approximate surface area is 253 Å². The molecule has 0 aliphatic carbocycles. The summed E-state index contributed by atoms with van der Waals surface area (Å²) in [6, 6.07) is 19.1. The van der Waals surface area contributed by atoms with E-state index in [2.05, 4.69) is 5.32 Å². The van der Waals surface area contributed by atoms with Crippen LogP contribution in [0, 0.1) is 5.92 Å². The summed E-state index contributed by atoms with van der Waals surface area (Å²) in [6.45, 7) is 7.70. The number of benzene rings is 3. The number of anilines is 1. The molecule has 0 heterocycles. The van der Waals surface area contributed by atoms with Gasteiger partial charge in [-0.05, 0) is 66.3 Å². The summed E-state index contributed by atoms with van der Waals surface area (Å²) in [5, 5.41) is 3.70. The molecule has 0 spiro atoms. The van der Waals surface area contributed by atoms with Gasteiger partial charge in [0.05, 0.1) is 10.6 Å². The van der Waals surface area contributed by atoms with Crippen LogP contribution in [0.2, 0.25) is 10.0 Å². The predicted molar refractivity (Wildman–Crippen MR) is 166 cm³/mol. The van der Waals surface area contributed by atoms with Crippen LogP contribution in [0.1, 0.15) is 45.2 Å². The fourth-order valence-electron chi connectivity index (χ4n) is 4.32. The van der Waals surface area contributed by atoms with Gasteiger partial charge in [0.1, 0.15) is 12.6 Å². The second-order valence-corrected chi connectivity index (χ2v) is 12.9. The van der Waals surface area contributed by atoms with Gasteiger partial charge in [0, 0.05) is 23.1 Å². The quantitative estimate of drug-likeness (QED) is 0.243. The fourth-order valence-corrected chi connectivity index (χ4v) is 6.23. The molecular weight excluding hydrogens is 581 g/mol. The first-order valence-electron chi connectivity index (χ1n) is 13.7. The highest BCUT2D eigenvalue weighted by molar-refractivity contribution is 7.92. The number of amides is 2. The monoisotopic (exact) mass is 617 g/mol. The lowest BCUT2D eigenvalue weighted by Gasteiger charge is -2.33. The second kappa shape index (κ2) is 14.7. The summed E-state index contributed by atoms with van der Waals surface area (Å²) in [7, 11) is -4.12. The molecule has 1 N–H and O–H groups in total. The molecule has 0 bridgehead atoms. The van der Waals surface area contributed by atoms with E-state index in [4.69, 9.17) is 23.2 Å². The van der Waals surface area contributed by atoms with Crippen LogP contribution in [0.4, 0.5) is 5.69 Å². The molecule has 2 amide bonds. The number of rotatable bonds is 13. The number of nitrogens with one attached hydrogen (secondary N) is 1. The third kappa shape index (κ3) is 8.47. The van der Waals surface area contributed by atoms with Crippen molar-refractivity contribution in [3.8, 4) is 0 Å². The molecule has 0 aromatic heterocycles. The highest BCUT2D eigenvalue weighted by atomic mass is 35.5. The summed E-state index contributed by atoms with van der Waals surface area (Å²) in [6.07, 6.45) is 1.10. The van der Waals surface area contributed by atoms with Gasteiger partial charge in [-0.3, -0.25) is 13.9 Å². The second-order valence-electron chi connectivity index (χ2n) is 10.2. The average molecular weight is 619 g/mol. The van der Waals surface area contributed by atoms with Crippen molar-refractivity contribution in [3.63, 3.8) is 0 Å². The van der Waals surface area contributed by atoms with E-state index in [1.165, 1.54) is 17.0 Å². The molecule has 10 heteroatoms. The topological polar surface area (TPSA) is 86.8 Å². The number of aryl methyl sites for hydroxylation is 1. The molecule has 0 unspecified atom stereocenters. The molecule has 41 heavy (non-hydrogen) atoms. The van der Waals surface area contributed by atoms with Crippen LogP contribution in [0.15, 0.2) is 77.7 Å². The Hall–Kier alpha value is -3.07. The van der Waals surface area contributed by atoms with Crippen LogP contribution in [-0.2, 0) is 32.6 Å². The zero-order valence-electron chi connectivity index (χ0n) is 23.8. The summed E-state index contributed by atoms with van der Waals surface area (Å²) in [4.78, 5) is 28.9. The lowest BCUT2D eigenvalue weighted by atomic mass is 10.1. The molecule has 7 nitrogen and oxygen atoms in total. The number of hydrogen-bond acceptors (Lipinski definition) is 4. The molecule has 0 saturated carbocycles. The van der Waals surface area contributed by atoms with Crippen LogP contribution >= 0.6 is 23.2 Å². The summed E-state index contributed by atoms with van der Waals surface area (Å²) in [5.41, 5.74) is 1.97. The van der Waals surface area contributed by atoms with Crippen LogP contribution in [-0.4, -0.2) is 44.3 Å². The van der Waals surface area contributed by atoms with Crippen LogP contribution in [0.5, 0.6) is 0 Å². The van der Waals surface area contributed by atoms with Crippen molar-refractivity contribution in [1.82, 2.24) is 10.2 Å². The van der Waals surface area contributed by atoms with Gasteiger partial charge < -0.3 is 10.2 Å². The van der Waals surface area contributed by atoms with E-state index < -0.39 is 28.5 Å². The number of nitrogens with zero attached hydrogens (tertiary/aromatic N) is 2. The van der Waals surface area contributed by atoms with Gasteiger partial charge in [-0.1, -0.05) is 87.3 Å². The van der Waals surface area contributed by atoms with E-state index in [0.717, 1.165) is 16.3 Å². The van der Waals surface area contributed by atoms with E-state index in [0.29, 0.717) is 34.3 Å². The van der Waals surface area contributed by atoms with Gasteiger partial charge in [0.15, 0.2) is 0 Å². The fraction of sp³-hybridized carbons (Fsp3) is 0.355. The van der Waals surface area contributed by atoms with Crippen LogP contribution < -0.4 is 9.62 Å². The van der Waals surface area contributed by atoms with Crippen molar-refractivity contribution < 1.29 is 18.0 Å². The van der Waals surface area contributed by atoms with Crippen molar-refractivity contribution >= 4 is 50.7 Å². The van der Waals surface area contributed by atoms with E-state index in [1.54, 1.807) is 48.5 Å². The molecule has 0 aliphatic heterocycles. The average Bonchev–Trinajstić information content (AvgIpc) is 2.96. The van der Waals surface area contributed by atoms with E-state index in [9.17, 15) is 18.0 Å². The molecule has 0 fully saturated rings. The number of sulfonamides is 1. The minimum atomic E-state index is -4.12. The number of carbonyl (C=O) groups is 2. The number of hydrogen-bond donors (Lipinski definition) is 1. The molecule has 3 aromatic rings. The van der Waals surface area contributed by atoms with Crippen molar-refractivity contribution in [2.75, 3.05) is 17.4 Å². The van der Waals surface area contributed by atoms with Crippen LogP contribution in [0.3, 0.4) is 0 Å². The summed E-state index contributed by atoms with van der Waals surface area (Å²) >= 11 is 12.6. The van der Waals surface area contributed by atoms with E-state index in [1.807, 2.05) is 39.8 Å². The van der Waals surface area contributed by atoms with Crippen molar-refractivity contribution in [3.05, 3.63) is 94.0 Å². The third-order valence-corrected chi connectivity index (χ3v) is 9.04. The predicted octanol–water partition coefficient (Wildman–Crippen LogP) is 6.33. The zero-order valence-corrected chi connectivity index (χ0v) is 26.1. The molecular formula is C31H37Cl2N3O4S. The largest absolute Gasteiger partial charge is 0.354 e. The van der Waals surface area contributed by atoms with Gasteiger partial charge in [0.2, 0.25) is 11.8 Å². The minimum absolute atomic E-state index is 0.00353. The molecule has 1 atom stereocenters. The van der Waals surface area contributed by atoms with Crippen molar-refractivity contribution in [1.29, 1.82) is 0 Å². The maximum atomic E-state index is 14.1. The molecule has 3 rings (SSSR count). The van der Waals surface area contributed by atoms with Crippen LogP contribution in [0.25, 0.3) is 0 Å². The van der Waals surface area contributed by atoms with Crippen molar-refractivity contribution in [2.24, 2.45) is 5.92 Å². The van der Waals surface area contributed by atoms with Gasteiger partial charge >= 0.3 is 0 Å². The lowest BCUT2D eigenvalue weighted by molar-refractivity contribution is -0.140. The first-order valence-corrected chi connectivity index (χ1v) is 15.8. The molecule has 0 aliphatic rings. The third-order valence-electron chi connectivity index (χ3n) is 6.67.